The van der Waals surface area contributed by atoms with E-state index in [1.54, 1.807) is 7.11 Å². The Labute approximate surface area is 140 Å². The van der Waals surface area contributed by atoms with Crippen LogP contribution >= 0.6 is 15.9 Å². The predicted molar refractivity (Wildman–Crippen MR) is 92.3 cm³/mol. The monoisotopic (exact) mass is 364 g/mol. The van der Waals surface area contributed by atoms with Gasteiger partial charge in [-0.25, -0.2) is 0 Å². The third-order valence-electron chi connectivity index (χ3n) is 3.43. The Morgan fingerprint density at radius 1 is 1.09 bits per heavy atom. The van der Waals surface area contributed by atoms with Crippen molar-refractivity contribution in [3.8, 4) is 11.5 Å². The van der Waals surface area contributed by atoms with Crippen molar-refractivity contribution in [3.05, 3.63) is 58.1 Å². The van der Waals surface area contributed by atoms with E-state index in [1.807, 2.05) is 24.3 Å². The van der Waals surface area contributed by atoms with E-state index in [0.717, 1.165) is 34.6 Å². The van der Waals surface area contributed by atoms with Crippen LogP contribution < -0.4 is 14.8 Å². The van der Waals surface area contributed by atoms with Gasteiger partial charge in [0, 0.05) is 10.0 Å². The van der Waals surface area contributed by atoms with Crippen molar-refractivity contribution in [2.24, 2.45) is 0 Å². The summed E-state index contributed by atoms with van der Waals surface area (Å²) >= 11 is 3.63. The number of hydrogen-bond donors (Lipinski definition) is 1. The number of quaternary nitrogens is 1. The first-order valence-corrected chi connectivity index (χ1v) is 8.38. The molecule has 0 spiro atoms. The quantitative estimate of drug-likeness (QED) is 0.727. The molecule has 2 rings (SSSR count). The molecule has 0 bridgehead atoms. The molecule has 0 amide bonds. The normalized spacial score (nSPS) is 10.5. The van der Waals surface area contributed by atoms with Crippen LogP contribution in [0.1, 0.15) is 24.5 Å². The summed E-state index contributed by atoms with van der Waals surface area (Å²) in [5.41, 5.74) is 2.36. The van der Waals surface area contributed by atoms with Crippen molar-refractivity contribution in [2.45, 2.75) is 26.5 Å². The van der Waals surface area contributed by atoms with Crippen LogP contribution in [0, 0.1) is 0 Å². The van der Waals surface area contributed by atoms with Gasteiger partial charge in [0.05, 0.1) is 13.7 Å². The smallest absolute Gasteiger partial charge is 0.162 e. The summed E-state index contributed by atoms with van der Waals surface area (Å²) in [6, 6.07) is 14.2. The summed E-state index contributed by atoms with van der Waals surface area (Å²) in [7, 11) is 1.68. The molecule has 2 N–H and O–H groups in total. The Morgan fingerprint density at radius 2 is 1.86 bits per heavy atom. The van der Waals surface area contributed by atoms with Gasteiger partial charge in [-0.3, -0.25) is 0 Å². The van der Waals surface area contributed by atoms with E-state index in [0.29, 0.717) is 6.61 Å². The summed E-state index contributed by atoms with van der Waals surface area (Å²) in [6.45, 7) is 4.78. The van der Waals surface area contributed by atoms with Gasteiger partial charge in [0.1, 0.15) is 13.2 Å². The van der Waals surface area contributed by atoms with Crippen LogP contribution in [0.15, 0.2) is 46.9 Å². The largest absolute Gasteiger partial charge is 0.493 e. The number of nitrogens with two attached hydrogens (primary N) is 1. The highest BCUT2D eigenvalue weighted by atomic mass is 79.9. The Hall–Kier alpha value is -1.52. The highest BCUT2D eigenvalue weighted by Gasteiger charge is 2.11. The van der Waals surface area contributed by atoms with E-state index in [-0.39, 0.29) is 0 Å². The van der Waals surface area contributed by atoms with E-state index in [1.165, 1.54) is 12.0 Å². The van der Waals surface area contributed by atoms with E-state index >= 15 is 0 Å². The van der Waals surface area contributed by atoms with E-state index in [2.05, 4.69) is 46.4 Å². The van der Waals surface area contributed by atoms with Crippen LogP contribution in [0.5, 0.6) is 11.5 Å². The molecule has 118 valence electrons. The molecule has 4 heteroatoms. The molecule has 0 saturated heterocycles. The molecule has 0 aliphatic carbocycles. The fourth-order valence-corrected chi connectivity index (χ4v) is 2.69. The zero-order chi connectivity index (χ0) is 15.8. The summed E-state index contributed by atoms with van der Waals surface area (Å²) in [6.07, 6.45) is 1.17. The summed E-state index contributed by atoms with van der Waals surface area (Å²) < 4.78 is 12.4. The first kappa shape index (κ1) is 16.8. The van der Waals surface area contributed by atoms with Gasteiger partial charge in [-0.15, -0.1) is 0 Å². The van der Waals surface area contributed by atoms with Crippen molar-refractivity contribution in [1.82, 2.24) is 0 Å². The van der Waals surface area contributed by atoms with Crippen LogP contribution in [0.3, 0.4) is 0 Å². The molecular formula is C18H23BrNO2+. The average Bonchev–Trinajstić information content (AvgIpc) is 2.55. The average molecular weight is 365 g/mol. The van der Waals surface area contributed by atoms with Gasteiger partial charge in [-0.2, -0.15) is 0 Å². The minimum Gasteiger partial charge on any atom is -0.493 e. The molecule has 0 aliphatic rings. The summed E-state index contributed by atoms with van der Waals surface area (Å²) in [4.78, 5) is 0. The minimum absolute atomic E-state index is 0.533. The highest BCUT2D eigenvalue weighted by Crippen LogP contribution is 2.33. The molecule has 0 fully saturated rings. The van der Waals surface area contributed by atoms with Crippen LogP contribution in [-0.4, -0.2) is 13.7 Å². The van der Waals surface area contributed by atoms with Gasteiger partial charge in [0.15, 0.2) is 11.5 Å². The van der Waals surface area contributed by atoms with Gasteiger partial charge >= 0.3 is 0 Å². The van der Waals surface area contributed by atoms with Gasteiger partial charge in [-0.1, -0.05) is 53.2 Å². The van der Waals surface area contributed by atoms with Gasteiger partial charge in [-0.05, 0) is 24.1 Å². The number of methoxy groups -OCH3 is 1. The Balaban J connectivity index is 2.08. The molecular weight excluding hydrogens is 342 g/mol. The lowest BCUT2D eigenvalue weighted by molar-refractivity contribution is -0.670. The maximum Gasteiger partial charge on any atom is 0.162 e. The van der Waals surface area contributed by atoms with E-state index in [4.69, 9.17) is 9.47 Å². The molecule has 0 aromatic heterocycles. The summed E-state index contributed by atoms with van der Waals surface area (Å²) in [5.74, 6) is 1.54. The van der Waals surface area contributed by atoms with Crippen molar-refractivity contribution < 1.29 is 14.8 Å². The SMILES string of the molecule is CCC[NH2+]Cc1cc(OC)c(OCc2ccccc2)cc1Br. The number of benzene rings is 2. The Bertz CT molecular complexity index is 587. The molecule has 2 aromatic rings. The topological polar surface area (TPSA) is 35.1 Å². The van der Waals surface area contributed by atoms with Crippen LogP contribution in [0.4, 0.5) is 0 Å². The fourth-order valence-electron chi connectivity index (χ4n) is 2.20. The lowest BCUT2D eigenvalue weighted by atomic mass is 10.2. The number of ether oxygens (including phenoxy) is 2. The van der Waals surface area contributed by atoms with Crippen LogP contribution in [0.2, 0.25) is 0 Å². The molecule has 0 radical (unpaired) electrons. The molecule has 2 aromatic carbocycles. The third-order valence-corrected chi connectivity index (χ3v) is 4.17. The van der Waals surface area contributed by atoms with Crippen LogP contribution in [0.25, 0.3) is 0 Å². The zero-order valence-electron chi connectivity index (χ0n) is 13.1. The van der Waals surface area contributed by atoms with Gasteiger partial charge in [0.2, 0.25) is 0 Å². The van der Waals surface area contributed by atoms with Gasteiger partial charge in [0.25, 0.3) is 0 Å². The first-order chi connectivity index (χ1) is 10.7. The molecule has 0 saturated carbocycles. The first-order valence-electron chi connectivity index (χ1n) is 7.59. The van der Waals surface area contributed by atoms with E-state index in [9.17, 15) is 0 Å². The van der Waals surface area contributed by atoms with Crippen molar-refractivity contribution in [2.75, 3.05) is 13.7 Å². The number of hydrogen-bond acceptors (Lipinski definition) is 2. The predicted octanol–water partition coefficient (Wildman–Crippen LogP) is 3.51. The number of halogens is 1. The lowest BCUT2D eigenvalue weighted by Crippen LogP contribution is -2.82. The maximum absolute atomic E-state index is 5.91. The summed E-state index contributed by atoms with van der Waals surface area (Å²) in [5, 5.41) is 2.30. The minimum atomic E-state index is 0.533. The molecule has 3 nitrogen and oxygen atoms in total. The second-order valence-electron chi connectivity index (χ2n) is 5.15. The second-order valence-corrected chi connectivity index (χ2v) is 6.00. The van der Waals surface area contributed by atoms with E-state index < -0.39 is 0 Å². The van der Waals surface area contributed by atoms with Crippen molar-refractivity contribution in [3.63, 3.8) is 0 Å². The fraction of sp³-hybridized carbons (Fsp3) is 0.333. The number of rotatable bonds is 8. The second kappa shape index (κ2) is 8.81. The molecule has 0 aliphatic heterocycles. The molecule has 0 atom stereocenters. The zero-order valence-corrected chi connectivity index (χ0v) is 14.7. The highest BCUT2D eigenvalue weighted by molar-refractivity contribution is 9.10. The third kappa shape index (κ3) is 4.75. The van der Waals surface area contributed by atoms with Crippen molar-refractivity contribution >= 4 is 15.9 Å². The molecule has 0 unspecified atom stereocenters. The van der Waals surface area contributed by atoms with Crippen LogP contribution in [-0.2, 0) is 13.2 Å². The van der Waals surface area contributed by atoms with Gasteiger partial charge < -0.3 is 14.8 Å². The molecule has 0 heterocycles. The Morgan fingerprint density at radius 3 is 2.55 bits per heavy atom. The van der Waals surface area contributed by atoms with Crippen molar-refractivity contribution in [1.29, 1.82) is 0 Å². The lowest BCUT2D eigenvalue weighted by Gasteiger charge is -2.13. The Kier molecular flexibility index (Phi) is 6.74. The maximum atomic E-state index is 5.91. The standard InChI is InChI=1S/C18H22BrNO2/c1-3-9-20-12-15-10-17(21-2)18(11-16(15)19)22-13-14-7-5-4-6-8-14/h4-8,10-11,20H,3,9,12-13H2,1-2H3/p+1. The molecule has 22 heavy (non-hydrogen) atoms.